The van der Waals surface area contributed by atoms with Crippen LogP contribution in [0.1, 0.15) is 45.4 Å². The van der Waals surface area contributed by atoms with Gasteiger partial charge in [-0.2, -0.15) is 0 Å². The van der Waals surface area contributed by atoms with Crippen LogP contribution in [0.25, 0.3) is 0 Å². The van der Waals surface area contributed by atoms with E-state index in [4.69, 9.17) is 6.42 Å². The summed E-state index contributed by atoms with van der Waals surface area (Å²) in [6.45, 7) is 2.25. The lowest BCUT2D eigenvalue weighted by atomic mass is 9.91. The maximum atomic E-state index is 10.0. The minimum atomic E-state index is -0.542. The molecule has 0 aliphatic heterocycles. The van der Waals surface area contributed by atoms with Crippen molar-refractivity contribution in [2.24, 2.45) is 5.92 Å². The molecule has 0 spiro atoms. The van der Waals surface area contributed by atoms with Crippen molar-refractivity contribution in [3.8, 4) is 12.3 Å². The van der Waals surface area contributed by atoms with Crippen LogP contribution in [0.3, 0.4) is 0 Å². The Morgan fingerprint density at radius 3 is 2.92 bits per heavy atom. The molecule has 0 saturated heterocycles. The van der Waals surface area contributed by atoms with Crippen LogP contribution in [0.15, 0.2) is 0 Å². The Morgan fingerprint density at radius 2 is 2.25 bits per heavy atom. The molecule has 0 aromatic heterocycles. The van der Waals surface area contributed by atoms with Gasteiger partial charge in [-0.3, -0.25) is 0 Å². The highest BCUT2D eigenvalue weighted by Gasteiger charge is 2.28. The molecule has 1 fully saturated rings. The Balaban J connectivity index is 2.50. The monoisotopic (exact) mass is 166 g/mol. The van der Waals surface area contributed by atoms with E-state index in [0.29, 0.717) is 6.42 Å². The van der Waals surface area contributed by atoms with Crippen molar-refractivity contribution >= 4 is 0 Å². The molecule has 0 aromatic rings. The molecule has 68 valence electrons. The van der Waals surface area contributed by atoms with E-state index in [0.717, 1.165) is 31.6 Å². The van der Waals surface area contributed by atoms with Gasteiger partial charge in [-0.05, 0) is 25.2 Å². The number of rotatable bonds is 1. The van der Waals surface area contributed by atoms with Crippen LogP contribution >= 0.6 is 0 Å². The first-order chi connectivity index (χ1) is 5.66. The highest BCUT2D eigenvalue weighted by Crippen LogP contribution is 2.31. The fourth-order valence-corrected chi connectivity index (χ4v) is 1.93. The van der Waals surface area contributed by atoms with Crippen molar-refractivity contribution in [3.63, 3.8) is 0 Å². The van der Waals surface area contributed by atoms with E-state index in [1.165, 1.54) is 6.42 Å². The second-order valence-electron chi connectivity index (χ2n) is 4.14. The molecular formula is C11H18O. The molecule has 2 unspecified atom stereocenters. The van der Waals surface area contributed by atoms with Crippen LogP contribution in [-0.4, -0.2) is 10.7 Å². The van der Waals surface area contributed by atoms with E-state index in [-0.39, 0.29) is 0 Å². The third-order valence-corrected chi connectivity index (χ3v) is 2.87. The van der Waals surface area contributed by atoms with Gasteiger partial charge in [-0.25, -0.2) is 0 Å². The number of hydrogen-bond acceptors (Lipinski definition) is 1. The third kappa shape index (κ3) is 2.53. The summed E-state index contributed by atoms with van der Waals surface area (Å²) in [5, 5.41) is 10.0. The van der Waals surface area contributed by atoms with Crippen LogP contribution in [0.5, 0.6) is 0 Å². The van der Waals surface area contributed by atoms with E-state index >= 15 is 0 Å². The fraction of sp³-hybridized carbons (Fsp3) is 0.818. The van der Waals surface area contributed by atoms with Gasteiger partial charge in [0.1, 0.15) is 0 Å². The summed E-state index contributed by atoms with van der Waals surface area (Å²) in [5.41, 5.74) is -0.542. The Kier molecular flexibility index (Phi) is 3.17. The van der Waals surface area contributed by atoms with E-state index in [9.17, 15) is 5.11 Å². The van der Waals surface area contributed by atoms with Crippen LogP contribution in [0.4, 0.5) is 0 Å². The zero-order valence-corrected chi connectivity index (χ0v) is 7.84. The molecule has 1 nitrogen and oxygen atoms in total. The highest BCUT2D eigenvalue weighted by atomic mass is 16.3. The van der Waals surface area contributed by atoms with Crippen molar-refractivity contribution in [2.45, 2.75) is 51.0 Å². The normalized spacial score (nSPS) is 36.9. The van der Waals surface area contributed by atoms with Gasteiger partial charge in [0.05, 0.1) is 5.60 Å². The summed E-state index contributed by atoms with van der Waals surface area (Å²) in [6.07, 6.45) is 11.0. The Bertz CT molecular complexity index is 180. The number of terminal acetylenes is 1. The highest BCUT2D eigenvalue weighted by molar-refractivity contribution is 4.96. The van der Waals surface area contributed by atoms with Crippen molar-refractivity contribution in [1.82, 2.24) is 0 Å². The third-order valence-electron chi connectivity index (χ3n) is 2.87. The van der Waals surface area contributed by atoms with Crippen LogP contribution in [-0.2, 0) is 0 Å². The van der Waals surface area contributed by atoms with Gasteiger partial charge < -0.3 is 5.11 Å². The molecule has 0 heterocycles. The van der Waals surface area contributed by atoms with Crippen molar-refractivity contribution in [3.05, 3.63) is 0 Å². The van der Waals surface area contributed by atoms with E-state index in [1.54, 1.807) is 0 Å². The summed E-state index contributed by atoms with van der Waals surface area (Å²) in [6, 6.07) is 0. The SMILES string of the molecule is C#CCC1(O)CCCC(C)CC1. The van der Waals surface area contributed by atoms with Gasteiger partial charge in [0.2, 0.25) is 0 Å². The predicted molar refractivity (Wildman–Crippen MR) is 50.6 cm³/mol. The second kappa shape index (κ2) is 3.96. The maximum absolute atomic E-state index is 10.0. The average molecular weight is 166 g/mol. The molecule has 0 amide bonds. The summed E-state index contributed by atoms with van der Waals surface area (Å²) >= 11 is 0. The molecule has 0 aromatic carbocycles. The zero-order valence-electron chi connectivity index (χ0n) is 7.84. The standard InChI is InChI=1S/C11H18O/c1-3-7-11(12)8-4-5-10(2)6-9-11/h1,10,12H,4-9H2,2H3. The average Bonchev–Trinajstić information content (AvgIpc) is 2.15. The van der Waals surface area contributed by atoms with E-state index < -0.39 is 5.60 Å². The first kappa shape index (κ1) is 9.61. The van der Waals surface area contributed by atoms with Gasteiger partial charge >= 0.3 is 0 Å². The maximum Gasteiger partial charge on any atom is 0.0756 e. The molecule has 0 bridgehead atoms. The van der Waals surface area contributed by atoms with Gasteiger partial charge in [0.25, 0.3) is 0 Å². The quantitative estimate of drug-likeness (QED) is 0.468. The lowest BCUT2D eigenvalue weighted by Gasteiger charge is -2.23. The topological polar surface area (TPSA) is 20.2 Å². The van der Waals surface area contributed by atoms with Gasteiger partial charge in [0.15, 0.2) is 0 Å². The number of hydrogen-bond donors (Lipinski definition) is 1. The minimum Gasteiger partial charge on any atom is -0.389 e. The summed E-state index contributed by atoms with van der Waals surface area (Å²) in [5.74, 6) is 3.33. The van der Waals surface area contributed by atoms with E-state index in [2.05, 4.69) is 12.8 Å². The largest absolute Gasteiger partial charge is 0.389 e. The Labute approximate surface area is 75.2 Å². The van der Waals surface area contributed by atoms with Crippen molar-refractivity contribution in [1.29, 1.82) is 0 Å². The molecular weight excluding hydrogens is 148 g/mol. The van der Waals surface area contributed by atoms with Crippen molar-refractivity contribution < 1.29 is 5.11 Å². The predicted octanol–water partition coefficient (Wildman–Crippen LogP) is 2.34. The fourth-order valence-electron chi connectivity index (χ4n) is 1.93. The van der Waals surface area contributed by atoms with Crippen molar-refractivity contribution in [2.75, 3.05) is 0 Å². The van der Waals surface area contributed by atoms with Gasteiger partial charge in [0, 0.05) is 6.42 Å². The summed E-state index contributed by atoms with van der Waals surface area (Å²) in [4.78, 5) is 0. The molecule has 0 radical (unpaired) electrons. The first-order valence-corrected chi connectivity index (χ1v) is 4.82. The summed E-state index contributed by atoms with van der Waals surface area (Å²) in [7, 11) is 0. The van der Waals surface area contributed by atoms with Crippen LogP contribution in [0.2, 0.25) is 0 Å². The number of aliphatic hydroxyl groups is 1. The van der Waals surface area contributed by atoms with Crippen LogP contribution in [0, 0.1) is 18.3 Å². The van der Waals surface area contributed by atoms with Crippen LogP contribution < -0.4 is 0 Å². The lowest BCUT2D eigenvalue weighted by molar-refractivity contribution is 0.0292. The minimum absolute atomic E-state index is 0.528. The smallest absolute Gasteiger partial charge is 0.0756 e. The van der Waals surface area contributed by atoms with Gasteiger partial charge in [-0.15, -0.1) is 12.3 Å². The molecule has 12 heavy (non-hydrogen) atoms. The molecule has 1 aliphatic carbocycles. The molecule has 1 heteroatoms. The van der Waals surface area contributed by atoms with Gasteiger partial charge in [-0.1, -0.05) is 19.8 Å². The molecule has 1 N–H and O–H groups in total. The Morgan fingerprint density at radius 1 is 1.50 bits per heavy atom. The zero-order chi connectivity index (χ0) is 9.03. The second-order valence-corrected chi connectivity index (χ2v) is 4.14. The molecule has 1 aliphatic rings. The van der Waals surface area contributed by atoms with E-state index in [1.807, 2.05) is 0 Å². The Hall–Kier alpha value is -0.480. The lowest BCUT2D eigenvalue weighted by Crippen LogP contribution is -2.26. The first-order valence-electron chi connectivity index (χ1n) is 4.82. The summed E-state index contributed by atoms with van der Waals surface area (Å²) < 4.78 is 0. The molecule has 1 rings (SSSR count). The molecule has 1 saturated carbocycles. The molecule has 2 atom stereocenters.